The van der Waals surface area contributed by atoms with Crippen LogP contribution in [-0.4, -0.2) is 59.5 Å². The highest BCUT2D eigenvalue weighted by Gasteiger charge is 2.26. The van der Waals surface area contributed by atoms with Crippen molar-refractivity contribution >= 4 is 11.9 Å². The number of carboxylic acid groups (broad SMARTS) is 1. The third kappa shape index (κ3) is 4.28. The molecule has 6 heteroatoms. The van der Waals surface area contributed by atoms with Gasteiger partial charge in [0.25, 0.3) is 5.91 Å². The lowest BCUT2D eigenvalue weighted by atomic mass is 10.1. The molecule has 23 heavy (non-hydrogen) atoms. The number of aryl methyl sites for hydroxylation is 1. The van der Waals surface area contributed by atoms with Crippen LogP contribution >= 0.6 is 0 Å². The molecular weight excluding hydrogens is 299 g/mol. The first kappa shape index (κ1) is 17.4. The summed E-state index contributed by atoms with van der Waals surface area (Å²) in [4.78, 5) is 26.9. The molecule has 1 heterocycles. The Labute approximate surface area is 135 Å². The summed E-state index contributed by atoms with van der Waals surface area (Å²) in [6, 6.07) is 4.98. The largest absolute Gasteiger partial charge is 0.480 e. The molecule has 5 nitrogen and oxygen atoms in total. The van der Waals surface area contributed by atoms with E-state index in [-0.39, 0.29) is 24.1 Å². The maximum atomic E-state index is 14.1. The van der Waals surface area contributed by atoms with Gasteiger partial charge in [-0.25, -0.2) is 4.39 Å². The Hall–Kier alpha value is -1.95. The molecule has 1 aromatic carbocycles. The van der Waals surface area contributed by atoms with Crippen molar-refractivity contribution in [1.29, 1.82) is 0 Å². The Bertz CT molecular complexity index is 591. The molecule has 126 valence electrons. The van der Waals surface area contributed by atoms with Crippen LogP contribution in [0.3, 0.4) is 0 Å². The number of likely N-dealkylation sites (N-methyl/N-ethyl adjacent to an activating group) is 1. The van der Waals surface area contributed by atoms with E-state index >= 15 is 0 Å². The molecule has 1 fully saturated rings. The normalized spacial score (nSPS) is 18.8. The van der Waals surface area contributed by atoms with Crippen molar-refractivity contribution in [1.82, 2.24) is 9.80 Å². The van der Waals surface area contributed by atoms with Gasteiger partial charge in [-0.2, -0.15) is 0 Å². The molecule has 1 unspecified atom stereocenters. The molecule has 0 bridgehead atoms. The van der Waals surface area contributed by atoms with Crippen molar-refractivity contribution in [3.05, 3.63) is 35.1 Å². The van der Waals surface area contributed by atoms with Crippen LogP contribution in [0.5, 0.6) is 0 Å². The zero-order valence-electron chi connectivity index (χ0n) is 13.6. The topological polar surface area (TPSA) is 60.9 Å². The van der Waals surface area contributed by atoms with Gasteiger partial charge in [-0.05, 0) is 44.9 Å². The highest BCUT2D eigenvalue weighted by molar-refractivity contribution is 5.94. The third-order valence-electron chi connectivity index (χ3n) is 4.42. The van der Waals surface area contributed by atoms with Crippen molar-refractivity contribution < 1.29 is 19.1 Å². The number of nitrogens with zero attached hydrogens (tertiary/aromatic N) is 2. The quantitative estimate of drug-likeness (QED) is 0.923. The van der Waals surface area contributed by atoms with E-state index in [9.17, 15) is 14.0 Å². The lowest BCUT2D eigenvalue weighted by Gasteiger charge is -2.25. The Kier molecular flexibility index (Phi) is 5.71. The number of carbonyl (C=O) groups is 2. The molecule has 0 aliphatic carbocycles. The predicted molar refractivity (Wildman–Crippen MR) is 84.9 cm³/mol. The smallest absolute Gasteiger partial charge is 0.317 e. The molecule has 1 aliphatic rings. The highest BCUT2D eigenvalue weighted by Crippen LogP contribution is 2.19. The number of hydrogen-bond acceptors (Lipinski definition) is 3. The first-order valence-electron chi connectivity index (χ1n) is 7.86. The second-order valence-corrected chi connectivity index (χ2v) is 6.12. The number of benzene rings is 1. The van der Waals surface area contributed by atoms with Crippen LogP contribution in [0.2, 0.25) is 0 Å². The van der Waals surface area contributed by atoms with Gasteiger partial charge in [0, 0.05) is 19.1 Å². The SMILES string of the molecule is Cc1cccc(C(=O)N2CCCC(N(C)CC(=O)O)CC2)c1F. The Morgan fingerprint density at radius 1 is 1.35 bits per heavy atom. The van der Waals surface area contributed by atoms with E-state index in [0.29, 0.717) is 25.1 Å². The lowest BCUT2D eigenvalue weighted by Crippen LogP contribution is -2.37. The summed E-state index contributed by atoms with van der Waals surface area (Å²) in [6.07, 6.45) is 2.32. The summed E-state index contributed by atoms with van der Waals surface area (Å²) < 4.78 is 14.1. The fraction of sp³-hybridized carbons (Fsp3) is 0.529. The van der Waals surface area contributed by atoms with Crippen LogP contribution in [0.1, 0.15) is 35.2 Å². The first-order chi connectivity index (χ1) is 10.9. The number of halogens is 1. The summed E-state index contributed by atoms with van der Waals surface area (Å²) in [5.41, 5.74) is 0.576. The molecule has 1 saturated heterocycles. The van der Waals surface area contributed by atoms with Gasteiger partial charge in [-0.3, -0.25) is 14.5 Å². The number of hydrogen-bond donors (Lipinski definition) is 1. The molecule has 0 spiro atoms. The molecule has 1 N–H and O–H groups in total. The zero-order valence-corrected chi connectivity index (χ0v) is 13.6. The number of amides is 1. The van der Waals surface area contributed by atoms with E-state index in [2.05, 4.69) is 0 Å². The standard InChI is InChI=1S/C17H23FN2O3/c1-12-5-3-7-14(16(12)18)17(23)20-9-4-6-13(8-10-20)19(2)11-15(21)22/h3,5,7,13H,4,6,8-11H2,1-2H3,(H,21,22). The molecule has 1 amide bonds. The average molecular weight is 322 g/mol. The van der Waals surface area contributed by atoms with E-state index in [1.54, 1.807) is 31.0 Å². The maximum absolute atomic E-state index is 14.1. The minimum absolute atomic E-state index is 0.00881. The van der Waals surface area contributed by atoms with Crippen LogP contribution in [0.15, 0.2) is 18.2 Å². The molecule has 1 aromatic rings. The molecule has 0 saturated carbocycles. The number of likely N-dealkylation sites (tertiary alicyclic amines) is 1. The van der Waals surface area contributed by atoms with Crippen LogP contribution in [-0.2, 0) is 4.79 Å². The van der Waals surface area contributed by atoms with E-state index in [0.717, 1.165) is 12.8 Å². The number of aliphatic carboxylic acids is 1. The van der Waals surface area contributed by atoms with Gasteiger partial charge in [-0.1, -0.05) is 12.1 Å². The van der Waals surface area contributed by atoms with Gasteiger partial charge in [0.1, 0.15) is 5.82 Å². The zero-order chi connectivity index (χ0) is 17.0. The van der Waals surface area contributed by atoms with Gasteiger partial charge in [-0.15, -0.1) is 0 Å². The van der Waals surface area contributed by atoms with Crippen LogP contribution in [0, 0.1) is 12.7 Å². The van der Waals surface area contributed by atoms with Crippen molar-refractivity contribution in [2.45, 2.75) is 32.2 Å². The number of rotatable bonds is 4. The fourth-order valence-electron chi connectivity index (χ4n) is 3.05. The molecule has 1 aliphatic heterocycles. The van der Waals surface area contributed by atoms with E-state index < -0.39 is 11.8 Å². The molecule has 0 aromatic heterocycles. The van der Waals surface area contributed by atoms with E-state index in [1.807, 2.05) is 4.90 Å². The fourth-order valence-corrected chi connectivity index (χ4v) is 3.05. The summed E-state index contributed by atoms with van der Waals surface area (Å²) in [6.45, 7) is 2.72. The molecular formula is C17H23FN2O3. The van der Waals surface area contributed by atoms with Crippen LogP contribution in [0.25, 0.3) is 0 Å². The number of carbonyl (C=O) groups excluding carboxylic acids is 1. The Morgan fingerprint density at radius 2 is 2.09 bits per heavy atom. The predicted octanol–water partition coefficient (Wildman–Crippen LogP) is 2.15. The lowest BCUT2D eigenvalue weighted by molar-refractivity contribution is -0.138. The Morgan fingerprint density at radius 3 is 2.78 bits per heavy atom. The first-order valence-corrected chi connectivity index (χ1v) is 7.86. The van der Waals surface area contributed by atoms with Gasteiger partial charge in [0.2, 0.25) is 0 Å². The minimum atomic E-state index is -0.855. The molecule has 2 rings (SSSR count). The van der Waals surface area contributed by atoms with Gasteiger partial charge < -0.3 is 10.0 Å². The summed E-state index contributed by atoms with van der Waals surface area (Å²) in [7, 11) is 1.79. The molecule has 0 radical (unpaired) electrons. The Balaban J connectivity index is 2.04. The summed E-state index contributed by atoms with van der Waals surface area (Å²) >= 11 is 0. The monoisotopic (exact) mass is 322 g/mol. The van der Waals surface area contributed by atoms with Gasteiger partial charge in [0.05, 0.1) is 12.1 Å². The second-order valence-electron chi connectivity index (χ2n) is 6.12. The van der Waals surface area contributed by atoms with Crippen molar-refractivity contribution in [3.63, 3.8) is 0 Å². The minimum Gasteiger partial charge on any atom is -0.480 e. The average Bonchev–Trinajstić information content (AvgIpc) is 2.74. The van der Waals surface area contributed by atoms with Crippen LogP contribution in [0.4, 0.5) is 4.39 Å². The third-order valence-corrected chi connectivity index (χ3v) is 4.42. The van der Waals surface area contributed by atoms with Crippen LogP contribution < -0.4 is 0 Å². The summed E-state index contributed by atoms with van der Waals surface area (Å²) in [5.74, 6) is -1.60. The number of carboxylic acids is 1. The molecule has 1 atom stereocenters. The van der Waals surface area contributed by atoms with Gasteiger partial charge in [0.15, 0.2) is 0 Å². The van der Waals surface area contributed by atoms with Crippen molar-refractivity contribution in [2.75, 3.05) is 26.7 Å². The van der Waals surface area contributed by atoms with Crippen molar-refractivity contribution in [3.8, 4) is 0 Å². The van der Waals surface area contributed by atoms with E-state index in [4.69, 9.17) is 5.11 Å². The van der Waals surface area contributed by atoms with Gasteiger partial charge >= 0.3 is 5.97 Å². The van der Waals surface area contributed by atoms with Crippen molar-refractivity contribution in [2.24, 2.45) is 0 Å². The summed E-state index contributed by atoms with van der Waals surface area (Å²) in [5, 5.41) is 8.88. The van der Waals surface area contributed by atoms with E-state index in [1.165, 1.54) is 6.07 Å². The highest BCUT2D eigenvalue weighted by atomic mass is 19.1. The second kappa shape index (κ2) is 7.55. The maximum Gasteiger partial charge on any atom is 0.317 e.